The molecule has 18 heavy (non-hydrogen) atoms. The fourth-order valence-electron chi connectivity index (χ4n) is 3.55. The summed E-state index contributed by atoms with van der Waals surface area (Å²) in [6.45, 7) is 0. The van der Waals surface area contributed by atoms with E-state index in [9.17, 15) is 9.90 Å². The van der Waals surface area contributed by atoms with E-state index >= 15 is 0 Å². The number of fused-ring (bicyclic) bond motifs is 2. The highest BCUT2D eigenvalue weighted by Gasteiger charge is 2.47. The molecule has 2 aliphatic heterocycles. The molecule has 0 amide bonds. The Morgan fingerprint density at radius 1 is 1.28 bits per heavy atom. The number of carbonyl (C=O) groups is 1. The Bertz CT molecular complexity index is 445. The minimum Gasteiger partial charge on any atom is -0.388 e. The van der Waals surface area contributed by atoms with Crippen molar-refractivity contribution < 1.29 is 9.90 Å². The summed E-state index contributed by atoms with van der Waals surface area (Å²) in [5.74, 6) is -0.0203. The molecule has 3 rings (SSSR count). The standard InChI is InChI=1S/C15H19NO2/c1-16-11-7-8-12(16)14(13(17)9-11)15(18)10-5-3-2-4-6-10/h2-6,11-12,14-15,18H,7-9H2,1H3/t11-,12+,14-,15+/m1/s1. The van der Waals surface area contributed by atoms with E-state index in [0.29, 0.717) is 12.5 Å². The minimum absolute atomic E-state index is 0.214. The minimum atomic E-state index is -0.662. The molecule has 3 heteroatoms. The third kappa shape index (κ3) is 1.78. The van der Waals surface area contributed by atoms with Crippen molar-refractivity contribution in [2.24, 2.45) is 5.92 Å². The Labute approximate surface area is 107 Å². The molecule has 3 nitrogen and oxygen atoms in total. The first-order valence-electron chi connectivity index (χ1n) is 6.66. The van der Waals surface area contributed by atoms with Crippen molar-refractivity contribution in [3.63, 3.8) is 0 Å². The second-order valence-corrected chi connectivity index (χ2v) is 5.52. The Kier molecular flexibility index (Phi) is 2.96. The zero-order chi connectivity index (χ0) is 12.7. The number of benzene rings is 1. The van der Waals surface area contributed by atoms with Gasteiger partial charge < -0.3 is 5.11 Å². The van der Waals surface area contributed by atoms with Gasteiger partial charge in [-0.1, -0.05) is 30.3 Å². The van der Waals surface area contributed by atoms with Crippen LogP contribution < -0.4 is 0 Å². The Hall–Kier alpha value is -1.19. The van der Waals surface area contributed by atoms with E-state index in [0.717, 1.165) is 18.4 Å². The number of carbonyl (C=O) groups excluding carboxylic acids is 1. The number of aliphatic hydroxyl groups excluding tert-OH is 1. The van der Waals surface area contributed by atoms with Crippen LogP contribution in [0.3, 0.4) is 0 Å². The fourth-order valence-corrected chi connectivity index (χ4v) is 3.55. The summed E-state index contributed by atoms with van der Waals surface area (Å²) < 4.78 is 0. The van der Waals surface area contributed by atoms with Gasteiger partial charge >= 0.3 is 0 Å². The molecule has 0 aliphatic carbocycles. The van der Waals surface area contributed by atoms with Crippen LogP contribution >= 0.6 is 0 Å². The number of hydrogen-bond donors (Lipinski definition) is 1. The van der Waals surface area contributed by atoms with Gasteiger partial charge in [-0.3, -0.25) is 9.69 Å². The topological polar surface area (TPSA) is 40.5 Å². The fraction of sp³-hybridized carbons (Fsp3) is 0.533. The predicted molar refractivity (Wildman–Crippen MR) is 69.1 cm³/mol. The van der Waals surface area contributed by atoms with Crippen LogP contribution in [0.1, 0.15) is 30.9 Å². The van der Waals surface area contributed by atoms with Crippen molar-refractivity contribution in [1.29, 1.82) is 0 Å². The maximum absolute atomic E-state index is 12.2. The van der Waals surface area contributed by atoms with Crippen LogP contribution in [0.4, 0.5) is 0 Å². The van der Waals surface area contributed by atoms with Crippen LogP contribution in [0, 0.1) is 5.92 Å². The number of rotatable bonds is 2. The van der Waals surface area contributed by atoms with Crippen molar-refractivity contribution >= 4 is 5.78 Å². The van der Waals surface area contributed by atoms with Crippen molar-refractivity contribution in [2.75, 3.05) is 7.05 Å². The smallest absolute Gasteiger partial charge is 0.142 e. The SMILES string of the molecule is CN1[C@@H]2CC[C@H]1[C@@H]([C@@H](O)c1ccccc1)C(=O)C2. The predicted octanol–water partition coefficient (Wildman–Crippen LogP) is 1.77. The number of nitrogens with zero attached hydrogens (tertiary/aromatic N) is 1. The van der Waals surface area contributed by atoms with Crippen LogP contribution in [0.15, 0.2) is 30.3 Å². The second-order valence-electron chi connectivity index (χ2n) is 5.52. The van der Waals surface area contributed by atoms with Gasteiger partial charge in [0.05, 0.1) is 12.0 Å². The molecule has 0 unspecified atom stereocenters. The largest absolute Gasteiger partial charge is 0.388 e. The van der Waals surface area contributed by atoms with Crippen LogP contribution in [-0.2, 0) is 4.79 Å². The first-order chi connectivity index (χ1) is 8.68. The summed E-state index contributed by atoms with van der Waals surface area (Å²) in [7, 11) is 2.08. The molecule has 0 spiro atoms. The molecule has 2 aliphatic rings. The number of piperidine rings is 1. The number of hydrogen-bond acceptors (Lipinski definition) is 3. The van der Waals surface area contributed by atoms with E-state index in [1.807, 2.05) is 30.3 Å². The monoisotopic (exact) mass is 245 g/mol. The Balaban J connectivity index is 1.89. The van der Waals surface area contributed by atoms with Gasteiger partial charge in [0.15, 0.2) is 0 Å². The highest BCUT2D eigenvalue weighted by molar-refractivity contribution is 5.84. The van der Waals surface area contributed by atoms with E-state index in [1.165, 1.54) is 0 Å². The maximum Gasteiger partial charge on any atom is 0.142 e. The second kappa shape index (κ2) is 4.48. The lowest BCUT2D eigenvalue weighted by Gasteiger charge is -2.38. The van der Waals surface area contributed by atoms with Gasteiger partial charge in [0, 0.05) is 18.5 Å². The molecule has 1 aromatic rings. The molecule has 2 heterocycles. The van der Waals surface area contributed by atoms with E-state index in [1.54, 1.807) is 0 Å². The van der Waals surface area contributed by atoms with Gasteiger partial charge in [-0.2, -0.15) is 0 Å². The summed E-state index contributed by atoms with van der Waals surface area (Å²) >= 11 is 0. The molecule has 0 aromatic heterocycles. The van der Waals surface area contributed by atoms with Crippen LogP contribution in [-0.4, -0.2) is 34.9 Å². The lowest BCUT2D eigenvalue weighted by Crippen LogP contribution is -2.49. The zero-order valence-corrected chi connectivity index (χ0v) is 10.6. The first-order valence-corrected chi connectivity index (χ1v) is 6.66. The van der Waals surface area contributed by atoms with Crippen LogP contribution in [0.5, 0.6) is 0 Å². The van der Waals surface area contributed by atoms with Gasteiger partial charge in [-0.05, 0) is 25.5 Å². The number of ketones is 1. The molecular weight excluding hydrogens is 226 g/mol. The summed E-state index contributed by atoms with van der Waals surface area (Å²) in [4.78, 5) is 14.5. The molecule has 2 saturated heterocycles. The first kappa shape index (κ1) is 11.9. The van der Waals surface area contributed by atoms with Crippen molar-refractivity contribution in [1.82, 2.24) is 4.90 Å². The zero-order valence-electron chi connectivity index (χ0n) is 10.6. The van der Waals surface area contributed by atoms with Gasteiger partial charge in [0.1, 0.15) is 5.78 Å². The summed E-state index contributed by atoms with van der Waals surface area (Å²) in [6, 6.07) is 10.2. The molecule has 4 atom stereocenters. The van der Waals surface area contributed by atoms with E-state index in [2.05, 4.69) is 11.9 Å². The molecule has 0 radical (unpaired) electrons. The van der Waals surface area contributed by atoms with Gasteiger partial charge in [0.25, 0.3) is 0 Å². The van der Waals surface area contributed by atoms with Crippen LogP contribution in [0.2, 0.25) is 0 Å². The molecule has 1 aromatic carbocycles. The molecule has 1 N–H and O–H groups in total. The average molecular weight is 245 g/mol. The molecular formula is C15H19NO2. The quantitative estimate of drug-likeness (QED) is 0.863. The highest BCUT2D eigenvalue weighted by atomic mass is 16.3. The third-order valence-corrected chi connectivity index (χ3v) is 4.60. The summed E-state index contributed by atoms with van der Waals surface area (Å²) in [5.41, 5.74) is 0.856. The average Bonchev–Trinajstić information content (AvgIpc) is 2.63. The Morgan fingerprint density at radius 2 is 2.00 bits per heavy atom. The molecule has 2 bridgehead atoms. The maximum atomic E-state index is 12.2. The van der Waals surface area contributed by atoms with Crippen molar-refractivity contribution in [3.8, 4) is 0 Å². The third-order valence-electron chi connectivity index (χ3n) is 4.60. The molecule has 0 saturated carbocycles. The van der Waals surface area contributed by atoms with Crippen LogP contribution in [0.25, 0.3) is 0 Å². The Morgan fingerprint density at radius 3 is 2.72 bits per heavy atom. The normalized spacial score (nSPS) is 33.7. The number of Topliss-reactive ketones (excluding diaryl/α,β-unsaturated/α-hetero) is 1. The van der Waals surface area contributed by atoms with Crippen molar-refractivity contribution in [2.45, 2.75) is 37.5 Å². The summed E-state index contributed by atoms with van der Waals surface area (Å²) in [6.07, 6.45) is 2.05. The molecule has 96 valence electrons. The van der Waals surface area contributed by atoms with Gasteiger partial charge in [-0.15, -0.1) is 0 Å². The lowest BCUT2D eigenvalue weighted by atomic mass is 9.82. The van der Waals surface area contributed by atoms with E-state index in [4.69, 9.17) is 0 Å². The lowest BCUT2D eigenvalue weighted by molar-refractivity contribution is -0.134. The van der Waals surface area contributed by atoms with Crippen molar-refractivity contribution in [3.05, 3.63) is 35.9 Å². The van der Waals surface area contributed by atoms with E-state index < -0.39 is 6.10 Å². The summed E-state index contributed by atoms with van der Waals surface area (Å²) in [5, 5.41) is 10.5. The van der Waals surface area contributed by atoms with E-state index in [-0.39, 0.29) is 17.7 Å². The van der Waals surface area contributed by atoms with Gasteiger partial charge in [0.2, 0.25) is 0 Å². The van der Waals surface area contributed by atoms with Gasteiger partial charge in [-0.25, -0.2) is 0 Å². The molecule has 2 fully saturated rings. The number of aliphatic hydroxyl groups is 1. The highest BCUT2D eigenvalue weighted by Crippen LogP contribution is 2.41.